The minimum atomic E-state index is -0.571. The first-order chi connectivity index (χ1) is 7.00. The summed E-state index contributed by atoms with van der Waals surface area (Å²) in [6.45, 7) is 6.19. The molecule has 0 bridgehead atoms. The Morgan fingerprint density at radius 2 is 2.20 bits per heavy atom. The van der Waals surface area contributed by atoms with Gasteiger partial charge in [-0.15, -0.1) is 0 Å². The lowest BCUT2D eigenvalue weighted by Gasteiger charge is -2.11. The first-order valence-electron chi connectivity index (χ1n) is 5.73. The Labute approximate surface area is 91.1 Å². The Hall–Kier alpha value is -0.830. The molecule has 1 aromatic heterocycles. The summed E-state index contributed by atoms with van der Waals surface area (Å²) in [7, 11) is 1.94. The van der Waals surface area contributed by atoms with Crippen LogP contribution in [0.1, 0.15) is 43.1 Å². The van der Waals surface area contributed by atoms with E-state index in [2.05, 4.69) is 12.0 Å². The molecular formula is C12H20N2O. The van der Waals surface area contributed by atoms with Crippen molar-refractivity contribution >= 4 is 0 Å². The molecule has 3 heteroatoms. The molecule has 0 radical (unpaired) electrons. The molecule has 84 valence electrons. The number of hydrogen-bond acceptors (Lipinski definition) is 2. The molecule has 0 aromatic carbocycles. The fourth-order valence-corrected chi connectivity index (χ4v) is 2.71. The van der Waals surface area contributed by atoms with Crippen molar-refractivity contribution in [3.8, 4) is 0 Å². The van der Waals surface area contributed by atoms with Crippen molar-refractivity contribution in [2.75, 3.05) is 0 Å². The minimum Gasteiger partial charge on any atom is -0.385 e. The van der Waals surface area contributed by atoms with Crippen molar-refractivity contribution in [1.29, 1.82) is 0 Å². The molecule has 0 aliphatic heterocycles. The molecule has 3 nitrogen and oxygen atoms in total. The van der Waals surface area contributed by atoms with Crippen LogP contribution in [0.15, 0.2) is 0 Å². The van der Waals surface area contributed by atoms with Gasteiger partial charge in [0.05, 0.1) is 11.3 Å². The molecule has 0 amide bonds. The van der Waals surface area contributed by atoms with Gasteiger partial charge in [-0.05, 0) is 32.6 Å². The molecule has 0 saturated heterocycles. The third-order valence-corrected chi connectivity index (χ3v) is 3.65. The molecule has 2 atom stereocenters. The molecule has 1 heterocycles. The lowest BCUT2D eigenvalue weighted by atomic mass is 10.0. The van der Waals surface area contributed by atoms with E-state index in [9.17, 15) is 5.11 Å². The van der Waals surface area contributed by atoms with Crippen LogP contribution in [0, 0.1) is 19.8 Å². The van der Waals surface area contributed by atoms with E-state index in [-0.39, 0.29) is 0 Å². The molecule has 1 saturated carbocycles. The topological polar surface area (TPSA) is 38.1 Å². The van der Waals surface area contributed by atoms with Gasteiger partial charge in [0.25, 0.3) is 0 Å². The van der Waals surface area contributed by atoms with Crippen molar-refractivity contribution in [2.45, 2.75) is 45.6 Å². The number of rotatable bonds is 3. The van der Waals surface area contributed by atoms with Crippen LogP contribution in [-0.2, 0) is 12.6 Å². The van der Waals surface area contributed by atoms with E-state index >= 15 is 0 Å². The first-order valence-corrected chi connectivity index (χ1v) is 5.73. The second-order valence-corrected chi connectivity index (χ2v) is 4.78. The number of aromatic nitrogens is 2. The standard InChI is InChI=1S/C12H20N2O/c1-5-6-10-7-12(10,15)11-8(2)13-14(4)9(11)3/h10,15H,5-7H2,1-4H3. The monoisotopic (exact) mass is 208 g/mol. The van der Waals surface area contributed by atoms with E-state index in [1.54, 1.807) is 0 Å². The number of hydrogen-bond donors (Lipinski definition) is 1. The van der Waals surface area contributed by atoms with Gasteiger partial charge in [0, 0.05) is 18.3 Å². The maximum Gasteiger partial charge on any atom is 0.0965 e. The van der Waals surface area contributed by atoms with Crippen molar-refractivity contribution in [1.82, 2.24) is 9.78 Å². The Bertz CT molecular complexity index is 383. The summed E-state index contributed by atoms with van der Waals surface area (Å²) in [4.78, 5) is 0. The Kier molecular flexibility index (Phi) is 2.38. The van der Waals surface area contributed by atoms with Gasteiger partial charge in [0.2, 0.25) is 0 Å². The number of aliphatic hydroxyl groups is 1. The van der Waals surface area contributed by atoms with Gasteiger partial charge in [0.1, 0.15) is 0 Å². The normalized spacial score (nSPS) is 29.5. The fraction of sp³-hybridized carbons (Fsp3) is 0.750. The third-order valence-electron chi connectivity index (χ3n) is 3.65. The van der Waals surface area contributed by atoms with Crippen molar-refractivity contribution < 1.29 is 5.11 Å². The molecule has 1 aromatic rings. The van der Waals surface area contributed by atoms with Gasteiger partial charge in [-0.2, -0.15) is 5.10 Å². The first kappa shape index (κ1) is 10.7. The zero-order valence-corrected chi connectivity index (χ0v) is 10.0. The van der Waals surface area contributed by atoms with Crippen LogP contribution in [0.5, 0.6) is 0 Å². The summed E-state index contributed by atoms with van der Waals surface area (Å²) < 4.78 is 1.87. The molecule has 2 rings (SSSR count). The average molecular weight is 208 g/mol. The van der Waals surface area contributed by atoms with Crippen LogP contribution in [-0.4, -0.2) is 14.9 Å². The Balaban J connectivity index is 2.31. The van der Waals surface area contributed by atoms with Crippen LogP contribution in [0.2, 0.25) is 0 Å². The maximum atomic E-state index is 10.5. The van der Waals surface area contributed by atoms with E-state index in [4.69, 9.17) is 0 Å². The largest absolute Gasteiger partial charge is 0.385 e. The predicted octanol–water partition coefficient (Wildman–Crippen LogP) is 2.04. The molecule has 1 fully saturated rings. The molecular weight excluding hydrogens is 188 g/mol. The van der Waals surface area contributed by atoms with Crippen LogP contribution < -0.4 is 0 Å². The predicted molar refractivity (Wildman–Crippen MR) is 59.6 cm³/mol. The molecule has 1 aliphatic rings. The highest BCUT2D eigenvalue weighted by Gasteiger charge is 2.55. The highest BCUT2D eigenvalue weighted by Crippen LogP contribution is 2.55. The van der Waals surface area contributed by atoms with Gasteiger partial charge in [0.15, 0.2) is 0 Å². The second kappa shape index (κ2) is 3.34. The number of aryl methyl sites for hydroxylation is 2. The zero-order valence-electron chi connectivity index (χ0n) is 10.0. The SMILES string of the molecule is CCCC1CC1(O)c1c(C)nn(C)c1C. The summed E-state index contributed by atoms with van der Waals surface area (Å²) in [6, 6.07) is 0. The highest BCUT2D eigenvalue weighted by molar-refractivity contribution is 5.36. The zero-order chi connectivity index (χ0) is 11.2. The van der Waals surface area contributed by atoms with Gasteiger partial charge >= 0.3 is 0 Å². The van der Waals surface area contributed by atoms with E-state index in [1.165, 1.54) is 0 Å². The Morgan fingerprint density at radius 1 is 1.53 bits per heavy atom. The smallest absolute Gasteiger partial charge is 0.0965 e. The fourth-order valence-electron chi connectivity index (χ4n) is 2.71. The van der Waals surface area contributed by atoms with Gasteiger partial charge in [-0.25, -0.2) is 0 Å². The Morgan fingerprint density at radius 3 is 2.67 bits per heavy atom. The van der Waals surface area contributed by atoms with Gasteiger partial charge in [-0.3, -0.25) is 4.68 Å². The van der Waals surface area contributed by atoms with Crippen molar-refractivity contribution in [2.24, 2.45) is 13.0 Å². The summed E-state index contributed by atoms with van der Waals surface area (Å²) in [5, 5.41) is 14.9. The van der Waals surface area contributed by atoms with E-state index in [0.29, 0.717) is 5.92 Å². The molecule has 2 unspecified atom stereocenters. The second-order valence-electron chi connectivity index (χ2n) is 4.78. The summed E-state index contributed by atoms with van der Waals surface area (Å²) >= 11 is 0. The molecule has 1 N–H and O–H groups in total. The lowest BCUT2D eigenvalue weighted by Crippen LogP contribution is -2.11. The van der Waals surface area contributed by atoms with Crippen LogP contribution in [0.3, 0.4) is 0 Å². The average Bonchev–Trinajstić information content (AvgIpc) is 2.69. The van der Waals surface area contributed by atoms with Crippen LogP contribution in [0.4, 0.5) is 0 Å². The summed E-state index contributed by atoms with van der Waals surface area (Å²) in [6.07, 6.45) is 3.17. The van der Waals surface area contributed by atoms with Crippen LogP contribution in [0.25, 0.3) is 0 Å². The van der Waals surface area contributed by atoms with Crippen LogP contribution >= 0.6 is 0 Å². The highest BCUT2D eigenvalue weighted by atomic mass is 16.3. The molecule has 15 heavy (non-hydrogen) atoms. The van der Waals surface area contributed by atoms with Gasteiger partial charge in [-0.1, -0.05) is 13.3 Å². The van der Waals surface area contributed by atoms with Gasteiger partial charge < -0.3 is 5.11 Å². The van der Waals surface area contributed by atoms with E-state index in [1.807, 2.05) is 25.6 Å². The third kappa shape index (κ3) is 1.49. The maximum absolute atomic E-state index is 10.5. The summed E-state index contributed by atoms with van der Waals surface area (Å²) in [5.41, 5.74) is 2.59. The van der Waals surface area contributed by atoms with Crippen molar-refractivity contribution in [3.05, 3.63) is 17.0 Å². The summed E-state index contributed by atoms with van der Waals surface area (Å²) in [5.74, 6) is 0.448. The quantitative estimate of drug-likeness (QED) is 0.825. The lowest BCUT2D eigenvalue weighted by molar-refractivity contribution is 0.127. The van der Waals surface area contributed by atoms with E-state index < -0.39 is 5.60 Å². The molecule has 0 spiro atoms. The van der Waals surface area contributed by atoms with E-state index in [0.717, 1.165) is 36.2 Å². The number of nitrogens with zero attached hydrogens (tertiary/aromatic N) is 2. The van der Waals surface area contributed by atoms with Crippen molar-refractivity contribution in [3.63, 3.8) is 0 Å². The molecule has 1 aliphatic carbocycles. The minimum absolute atomic E-state index is 0.448.